The maximum Gasteiger partial charge on any atom is 0.279 e. The summed E-state index contributed by atoms with van der Waals surface area (Å²) in [5, 5.41) is 3.36. The van der Waals surface area contributed by atoms with Gasteiger partial charge >= 0.3 is 0 Å². The van der Waals surface area contributed by atoms with Crippen LogP contribution in [0.3, 0.4) is 0 Å². The normalized spacial score (nSPS) is 14.3. The van der Waals surface area contributed by atoms with Gasteiger partial charge in [0.15, 0.2) is 0 Å². The van der Waals surface area contributed by atoms with E-state index >= 15 is 0 Å². The summed E-state index contributed by atoms with van der Waals surface area (Å²) in [6.45, 7) is 0.124. The van der Waals surface area contributed by atoms with E-state index in [9.17, 15) is 9.59 Å². The number of anilines is 1. The van der Waals surface area contributed by atoms with E-state index in [1.54, 1.807) is 55.6 Å². The van der Waals surface area contributed by atoms with Gasteiger partial charge in [-0.15, -0.1) is 0 Å². The van der Waals surface area contributed by atoms with Crippen LogP contribution in [0.15, 0.2) is 59.3 Å². The third-order valence-corrected chi connectivity index (χ3v) is 4.33. The van der Waals surface area contributed by atoms with Crippen LogP contribution in [0, 0.1) is 0 Å². The maximum absolute atomic E-state index is 12.6. The average molecular weight is 377 g/mol. The Bertz CT molecular complexity index is 846. The summed E-state index contributed by atoms with van der Waals surface area (Å²) in [5.41, 5.74) is 1.47. The van der Waals surface area contributed by atoms with Crippen LogP contribution < -0.4 is 10.1 Å². The number of carbonyl (C=O) groups excluding carboxylic acids is 2. The van der Waals surface area contributed by atoms with Gasteiger partial charge in [0.05, 0.1) is 13.7 Å². The molecule has 5 nitrogen and oxygen atoms in total. The highest BCUT2D eigenvalue weighted by Crippen LogP contribution is 2.27. The summed E-state index contributed by atoms with van der Waals surface area (Å²) in [6.07, 6.45) is 0. The first kappa shape index (κ1) is 17.3. The van der Waals surface area contributed by atoms with E-state index in [4.69, 9.17) is 27.9 Å². The zero-order valence-electron chi connectivity index (χ0n) is 13.3. The van der Waals surface area contributed by atoms with Crippen LogP contribution in [-0.4, -0.2) is 23.8 Å². The van der Waals surface area contributed by atoms with Crippen molar-refractivity contribution in [3.05, 3.63) is 69.8 Å². The molecule has 2 aromatic rings. The van der Waals surface area contributed by atoms with E-state index < -0.39 is 11.8 Å². The van der Waals surface area contributed by atoms with Gasteiger partial charge in [-0.1, -0.05) is 35.3 Å². The number of carbonyl (C=O) groups is 2. The van der Waals surface area contributed by atoms with Gasteiger partial charge in [-0.25, -0.2) is 0 Å². The van der Waals surface area contributed by atoms with Crippen molar-refractivity contribution in [3.8, 4) is 5.75 Å². The minimum atomic E-state index is -0.530. The first-order chi connectivity index (χ1) is 12.0. The van der Waals surface area contributed by atoms with Crippen molar-refractivity contribution in [2.75, 3.05) is 12.4 Å². The van der Waals surface area contributed by atoms with E-state index in [1.807, 2.05) is 0 Å². The largest absolute Gasteiger partial charge is 0.497 e. The van der Waals surface area contributed by atoms with E-state index in [0.29, 0.717) is 16.5 Å². The Labute approximate surface area is 154 Å². The molecule has 1 N–H and O–H groups in total. The standard InChI is InChI=1S/C18H14Cl2N2O3/c1-25-14-8-6-13(7-9-14)21-16-15(20)17(23)22(18(16)24)10-11-2-4-12(19)5-3-11/h2-9,21H,10H2,1H3. The monoisotopic (exact) mass is 376 g/mol. The third-order valence-electron chi connectivity index (χ3n) is 3.72. The lowest BCUT2D eigenvalue weighted by Crippen LogP contribution is -2.31. The molecular formula is C18H14Cl2N2O3. The Morgan fingerprint density at radius 1 is 0.960 bits per heavy atom. The number of rotatable bonds is 5. The molecule has 0 spiro atoms. The smallest absolute Gasteiger partial charge is 0.279 e. The van der Waals surface area contributed by atoms with Gasteiger partial charge in [-0.3, -0.25) is 14.5 Å². The Hall–Kier alpha value is -2.50. The minimum Gasteiger partial charge on any atom is -0.497 e. The second-order valence-corrected chi connectivity index (χ2v) is 6.18. The van der Waals surface area contributed by atoms with Crippen molar-refractivity contribution >= 4 is 40.7 Å². The number of halogens is 2. The molecule has 128 valence electrons. The third kappa shape index (κ3) is 3.62. The Kier molecular flexibility index (Phi) is 4.97. The van der Waals surface area contributed by atoms with Crippen LogP contribution in [-0.2, 0) is 16.1 Å². The number of ether oxygens (including phenoxy) is 1. The van der Waals surface area contributed by atoms with Gasteiger partial charge in [-0.05, 0) is 42.0 Å². The van der Waals surface area contributed by atoms with Crippen LogP contribution in [0.1, 0.15) is 5.56 Å². The lowest BCUT2D eigenvalue weighted by Gasteiger charge is -2.15. The highest BCUT2D eigenvalue weighted by molar-refractivity contribution is 6.48. The van der Waals surface area contributed by atoms with Crippen LogP contribution in [0.2, 0.25) is 5.02 Å². The number of hydrogen-bond acceptors (Lipinski definition) is 4. The fourth-order valence-corrected chi connectivity index (χ4v) is 2.75. The van der Waals surface area contributed by atoms with Gasteiger partial charge < -0.3 is 10.1 Å². The second-order valence-electron chi connectivity index (χ2n) is 5.37. The molecule has 0 fully saturated rings. The number of nitrogens with one attached hydrogen (secondary N) is 1. The Morgan fingerprint density at radius 3 is 2.20 bits per heavy atom. The summed E-state index contributed by atoms with van der Waals surface area (Å²) in [5.74, 6) is -0.317. The SMILES string of the molecule is COc1ccc(NC2=C(Cl)C(=O)N(Cc3ccc(Cl)cc3)C2=O)cc1. The lowest BCUT2D eigenvalue weighted by atomic mass is 10.2. The van der Waals surface area contributed by atoms with Gasteiger partial charge in [0.1, 0.15) is 16.5 Å². The van der Waals surface area contributed by atoms with E-state index in [2.05, 4.69) is 5.32 Å². The number of methoxy groups -OCH3 is 1. The highest BCUT2D eigenvalue weighted by atomic mass is 35.5. The van der Waals surface area contributed by atoms with E-state index in [-0.39, 0.29) is 17.3 Å². The van der Waals surface area contributed by atoms with E-state index in [0.717, 1.165) is 10.5 Å². The average Bonchev–Trinajstić information content (AvgIpc) is 2.82. The van der Waals surface area contributed by atoms with Crippen LogP contribution in [0.25, 0.3) is 0 Å². The lowest BCUT2D eigenvalue weighted by molar-refractivity contribution is -0.138. The van der Waals surface area contributed by atoms with Gasteiger partial charge in [0, 0.05) is 10.7 Å². The molecule has 0 radical (unpaired) electrons. The fraction of sp³-hybridized carbons (Fsp3) is 0.111. The zero-order chi connectivity index (χ0) is 18.0. The fourth-order valence-electron chi connectivity index (χ4n) is 2.39. The summed E-state index contributed by atoms with van der Waals surface area (Å²) in [7, 11) is 1.57. The van der Waals surface area contributed by atoms with Gasteiger partial charge in [-0.2, -0.15) is 0 Å². The molecule has 2 aromatic carbocycles. The first-order valence-corrected chi connectivity index (χ1v) is 8.16. The predicted octanol–water partition coefficient (Wildman–Crippen LogP) is 3.78. The quantitative estimate of drug-likeness (QED) is 0.806. The Morgan fingerprint density at radius 2 is 1.60 bits per heavy atom. The van der Waals surface area contributed by atoms with Crippen molar-refractivity contribution in [1.82, 2.24) is 4.90 Å². The summed E-state index contributed by atoms with van der Waals surface area (Å²) in [4.78, 5) is 26.0. The van der Waals surface area contributed by atoms with Crippen molar-refractivity contribution in [1.29, 1.82) is 0 Å². The number of nitrogens with zero attached hydrogens (tertiary/aromatic N) is 1. The zero-order valence-corrected chi connectivity index (χ0v) is 14.8. The Balaban J connectivity index is 1.77. The molecule has 25 heavy (non-hydrogen) atoms. The second kappa shape index (κ2) is 7.17. The van der Waals surface area contributed by atoms with Crippen molar-refractivity contribution in [2.45, 2.75) is 6.54 Å². The topological polar surface area (TPSA) is 58.6 Å². The molecule has 0 unspecified atom stereocenters. The molecule has 1 aliphatic rings. The van der Waals surface area contributed by atoms with Gasteiger partial charge in [0.25, 0.3) is 11.8 Å². The molecule has 7 heteroatoms. The minimum absolute atomic E-state index is 0.0609. The van der Waals surface area contributed by atoms with Crippen molar-refractivity contribution in [3.63, 3.8) is 0 Å². The molecule has 0 saturated carbocycles. The molecule has 2 amide bonds. The summed E-state index contributed by atoms with van der Waals surface area (Å²) in [6, 6.07) is 13.9. The molecule has 0 bridgehead atoms. The molecule has 0 aromatic heterocycles. The number of benzene rings is 2. The van der Waals surface area contributed by atoms with Crippen molar-refractivity contribution < 1.29 is 14.3 Å². The molecule has 0 atom stereocenters. The van der Waals surface area contributed by atoms with Gasteiger partial charge in [0.2, 0.25) is 0 Å². The number of hydrogen-bond donors (Lipinski definition) is 1. The molecule has 1 heterocycles. The van der Waals surface area contributed by atoms with Crippen LogP contribution >= 0.6 is 23.2 Å². The molecular weight excluding hydrogens is 363 g/mol. The van der Waals surface area contributed by atoms with E-state index in [1.165, 1.54) is 0 Å². The first-order valence-electron chi connectivity index (χ1n) is 7.41. The number of imide groups is 1. The van der Waals surface area contributed by atoms with Crippen molar-refractivity contribution in [2.24, 2.45) is 0 Å². The molecule has 0 aliphatic carbocycles. The molecule has 3 rings (SSSR count). The highest BCUT2D eigenvalue weighted by Gasteiger charge is 2.37. The van der Waals surface area contributed by atoms with Crippen LogP contribution in [0.5, 0.6) is 5.75 Å². The maximum atomic E-state index is 12.6. The summed E-state index contributed by atoms with van der Waals surface area (Å²) >= 11 is 11.9. The number of amides is 2. The molecule has 0 saturated heterocycles. The summed E-state index contributed by atoms with van der Waals surface area (Å²) < 4.78 is 5.09. The predicted molar refractivity (Wildman–Crippen MR) is 96.5 cm³/mol. The van der Waals surface area contributed by atoms with Crippen LogP contribution in [0.4, 0.5) is 5.69 Å². The molecule has 1 aliphatic heterocycles.